The lowest BCUT2D eigenvalue weighted by Gasteiger charge is -2.35. The van der Waals surface area contributed by atoms with E-state index in [-0.39, 0.29) is 0 Å². The maximum absolute atomic E-state index is 5.91. The van der Waals surface area contributed by atoms with Crippen LogP contribution in [-0.2, 0) is 0 Å². The van der Waals surface area contributed by atoms with Crippen LogP contribution in [0.2, 0.25) is 5.15 Å². The first kappa shape index (κ1) is 12.6. The van der Waals surface area contributed by atoms with Crippen molar-refractivity contribution < 1.29 is 0 Å². The summed E-state index contributed by atoms with van der Waals surface area (Å²) < 4.78 is 0. The molecule has 1 saturated heterocycles. The van der Waals surface area contributed by atoms with Crippen molar-refractivity contribution in [2.75, 3.05) is 24.5 Å². The molecule has 1 aliphatic heterocycles. The molecule has 1 N–H and O–H groups in total. The number of piperidine rings is 1. The van der Waals surface area contributed by atoms with E-state index in [1.807, 2.05) is 0 Å². The Morgan fingerprint density at radius 3 is 3.06 bits per heavy atom. The smallest absolute Gasteiger partial charge is 0.149 e. The molecule has 0 aromatic carbocycles. The summed E-state index contributed by atoms with van der Waals surface area (Å²) in [7, 11) is 0. The lowest BCUT2D eigenvalue weighted by molar-refractivity contribution is 0.428. The van der Waals surface area contributed by atoms with Gasteiger partial charge in [0.25, 0.3) is 0 Å². The van der Waals surface area contributed by atoms with Gasteiger partial charge < -0.3 is 10.2 Å². The van der Waals surface area contributed by atoms with Gasteiger partial charge in [0.15, 0.2) is 0 Å². The van der Waals surface area contributed by atoms with E-state index in [1.54, 1.807) is 12.4 Å². The Kier molecular flexibility index (Phi) is 4.57. The molecule has 0 amide bonds. The van der Waals surface area contributed by atoms with Crippen LogP contribution >= 0.6 is 11.6 Å². The van der Waals surface area contributed by atoms with Crippen molar-refractivity contribution in [2.45, 2.75) is 32.2 Å². The predicted molar refractivity (Wildman–Crippen MR) is 70.6 cm³/mol. The van der Waals surface area contributed by atoms with Gasteiger partial charge in [-0.3, -0.25) is 4.98 Å². The van der Waals surface area contributed by atoms with Crippen LogP contribution in [-0.4, -0.2) is 35.6 Å². The number of nitrogens with one attached hydrogen (secondary N) is 1. The average molecular weight is 255 g/mol. The number of hydrogen-bond donors (Lipinski definition) is 1. The first-order chi connectivity index (χ1) is 8.31. The minimum atomic E-state index is 0.465. The van der Waals surface area contributed by atoms with Crippen LogP contribution in [0.25, 0.3) is 0 Å². The van der Waals surface area contributed by atoms with Crippen molar-refractivity contribution in [3.8, 4) is 0 Å². The molecule has 1 unspecified atom stereocenters. The number of rotatable bonds is 4. The van der Waals surface area contributed by atoms with Crippen LogP contribution in [0.4, 0.5) is 5.82 Å². The van der Waals surface area contributed by atoms with E-state index < -0.39 is 0 Å². The molecule has 1 fully saturated rings. The van der Waals surface area contributed by atoms with Crippen LogP contribution in [0, 0.1) is 0 Å². The predicted octanol–water partition coefficient (Wildman–Crippen LogP) is 2.10. The van der Waals surface area contributed by atoms with E-state index in [0.29, 0.717) is 11.2 Å². The third-order valence-electron chi connectivity index (χ3n) is 3.06. The van der Waals surface area contributed by atoms with Crippen LogP contribution in [0.5, 0.6) is 0 Å². The number of anilines is 1. The van der Waals surface area contributed by atoms with Gasteiger partial charge in [0.1, 0.15) is 11.0 Å². The number of hydrogen-bond acceptors (Lipinski definition) is 4. The van der Waals surface area contributed by atoms with E-state index in [9.17, 15) is 0 Å². The molecule has 0 aliphatic carbocycles. The quantitative estimate of drug-likeness (QED) is 0.894. The van der Waals surface area contributed by atoms with Crippen LogP contribution < -0.4 is 10.2 Å². The van der Waals surface area contributed by atoms with Crippen LogP contribution in [0.1, 0.15) is 26.2 Å². The Morgan fingerprint density at radius 2 is 2.41 bits per heavy atom. The molecule has 1 atom stereocenters. The van der Waals surface area contributed by atoms with Crippen molar-refractivity contribution in [3.05, 3.63) is 17.5 Å². The topological polar surface area (TPSA) is 41.1 Å². The lowest BCUT2D eigenvalue weighted by atomic mass is 10.1. The van der Waals surface area contributed by atoms with Gasteiger partial charge in [-0.05, 0) is 25.8 Å². The monoisotopic (exact) mass is 254 g/mol. The van der Waals surface area contributed by atoms with E-state index in [0.717, 1.165) is 31.9 Å². The van der Waals surface area contributed by atoms with Crippen molar-refractivity contribution in [3.63, 3.8) is 0 Å². The molecule has 0 saturated carbocycles. The summed E-state index contributed by atoms with van der Waals surface area (Å²) in [4.78, 5) is 10.8. The zero-order valence-corrected chi connectivity index (χ0v) is 11.0. The standard InChI is InChI=1S/C12H19ClN4/c1-2-6-17(10-4-3-5-14-7-10)12-9-15-8-11(13)16-12/h8-10,14H,2-7H2,1H3. The van der Waals surface area contributed by atoms with Gasteiger partial charge in [-0.15, -0.1) is 0 Å². The summed E-state index contributed by atoms with van der Waals surface area (Å²) in [5, 5.41) is 3.90. The SMILES string of the molecule is CCCN(c1cncc(Cl)n1)C1CCCNC1. The molecule has 1 aliphatic rings. The molecular formula is C12H19ClN4. The molecule has 2 rings (SSSR count). The lowest BCUT2D eigenvalue weighted by Crippen LogP contribution is -2.46. The third kappa shape index (κ3) is 3.30. The third-order valence-corrected chi connectivity index (χ3v) is 3.24. The highest BCUT2D eigenvalue weighted by Gasteiger charge is 2.21. The summed E-state index contributed by atoms with van der Waals surface area (Å²) in [5.74, 6) is 0.896. The molecule has 5 heteroatoms. The molecular weight excluding hydrogens is 236 g/mol. The minimum Gasteiger partial charge on any atom is -0.351 e. The highest BCUT2D eigenvalue weighted by Crippen LogP contribution is 2.19. The molecule has 1 aromatic heterocycles. The van der Waals surface area contributed by atoms with Gasteiger partial charge in [0.2, 0.25) is 0 Å². The van der Waals surface area contributed by atoms with E-state index in [4.69, 9.17) is 11.6 Å². The number of nitrogens with zero attached hydrogens (tertiary/aromatic N) is 3. The summed E-state index contributed by atoms with van der Waals surface area (Å²) in [6.07, 6.45) is 6.91. The first-order valence-corrected chi connectivity index (χ1v) is 6.64. The van der Waals surface area contributed by atoms with Gasteiger partial charge in [0, 0.05) is 19.1 Å². The van der Waals surface area contributed by atoms with Gasteiger partial charge in [0.05, 0.1) is 12.4 Å². The van der Waals surface area contributed by atoms with Crippen molar-refractivity contribution in [1.82, 2.24) is 15.3 Å². The van der Waals surface area contributed by atoms with Gasteiger partial charge in [-0.25, -0.2) is 4.98 Å². The first-order valence-electron chi connectivity index (χ1n) is 6.26. The van der Waals surface area contributed by atoms with Crippen LogP contribution in [0.15, 0.2) is 12.4 Å². The Balaban J connectivity index is 2.15. The molecule has 4 nitrogen and oxygen atoms in total. The second kappa shape index (κ2) is 6.17. The number of halogens is 1. The summed E-state index contributed by atoms with van der Waals surface area (Å²) in [6.45, 7) is 5.33. The summed E-state index contributed by atoms with van der Waals surface area (Å²) in [5.41, 5.74) is 0. The summed E-state index contributed by atoms with van der Waals surface area (Å²) in [6, 6.07) is 0.511. The van der Waals surface area contributed by atoms with E-state index >= 15 is 0 Å². The maximum Gasteiger partial charge on any atom is 0.149 e. The normalized spacial score (nSPS) is 20.2. The van der Waals surface area contributed by atoms with Crippen molar-refractivity contribution in [1.29, 1.82) is 0 Å². The maximum atomic E-state index is 5.91. The molecule has 17 heavy (non-hydrogen) atoms. The largest absolute Gasteiger partial charge is 0.351 e. The molecule has 0 bridgehead atoms. The van der Waals surface area contributed by atoms with E-state index in [1.165, 1.54) is 12.8 Å². The fourth-order valence-corrected chi connectivity index (χ4v) is 2.44. The molecule has 2 heterocycles. The zero-order valence-electron chi connectivity index (χ0n) is 10.2. The molecule has 94 valence electrons. The molecule has 0 radical (unpaired) electrons. The van der Waals surface area contributed by atoms with Gasteiger partial charge in [-0.1, -0.05) is 18.5 Å². The van der Waals surface area contributed by atoms with Crippen LogP contribution in [0.3, 0.4) is 0 Å². The highest BCUT2D eigenvalue weighted by molar-refractivity contribution is 6.29. The van der Waals surface area contributed by atoms with Crippen molar-refractivity contribution >= 4 is 17.4 Å². The fraction of sp³-hybridized carbons (Fsp3) is 0.667. The highest BCUT2D eigenvalue weighted by atomic mass is 35.5. The van der Waals surface area contributed by atoms with Gasteiger partial charge in [-0.2, -0.15) is 0 Å². The Hall–Kier alpha value is -0.870. The summed E-state index contributed by atoms with van der Waals surface area (Å²) >= 11 is 5.91. The Labute approximate surface area is 107 Å². The molecule has 0 spiro atoms. The zero-order chi connectivity index (χ0) is 12.1. The Bertz CT molecular complexity index is 352. The average Bonchev–Trinajstić information content (AvgIpc) is 2.37. The Morgan fingerprint density at radius 1 is 1.53 bits per heavy atom. The second-order valence-electron chi connectivity index (χ2n) is 4.39. The minimum absolute atomic E-state index is 0.465. The fourth-order valence-electron chi connectivity index (χ4n) is 2.30. The second-order valence-corrected chi connectivity index (χ2v) is 4.78. The molecule has 1 aromatic rings. The van der Waals surface area contributed by atoms with Crippen molar-refractivity contribution in [2.24, 2.45) is 0 Å². The van der Waals surface area contributed by atoms with E-state index in [2.05, 4.69) is 27.1 Å². The number of aromatic nitrogens is 2. The van der Waals surface area contributed by atoms with Gasteiger partial charge >= 0.3 is 0 Å².